The van der Waals surface area contributed by atoms with Crippen LogP contribution in [0.5, 0.6) is 0 Å². The number of guanidine groups is 1. The summed E-state index contributed by atoms with van der Waals surface area (Å²) in [6.07, 6.45) is 0.551. The molecule has 0 heterocycles. The SMILES string of the molecule is CCC(C)C(NC(=O)C(CC(N)=O)NC(=O)C(N)CCCN=C(N)N)C(=O)NC(C(=O)O)C(C)C. The van der Waals surface area contributed by atoms with Crippen LogP contribution in [0, 0.1) is 11.8 Å². The van der Waals surface area contributed by atoms with Crippen molar-refractivity contribution < 1.29 is 29.1 Å². The highest BCUT2D eigenvalue weighted by molar-refractivity contribution is 5.96. The van der Waals surface area contributed by atoms with E-state index in [1.165, 1.54) is 0 Å². The molecule has 0 spiro atoms. The Morgan fingerprint density at radius 1 is 0.886 bits per heavy atom. The highest BCUT2D eigenvalue weighted by Crippen LogP contribution is 2.11. The molecular formula is C21H40N8O6. The molecule has 12 N–H and O–H groups in total. The van der Waals surface area contributed by atoms with Crippen molar-refractivity contribution >= 4 is 35.6 Å². The van der Waals surface area contributed by atoms with E-state index in [1.807, 2.05) is 0 Å². The highest BCUT2D eigenvalue weighted by Gasteiger charge is 2.34. The second kappa shape index (κ2) is 15.5. The lowest BCUT2D eigenvalue weighted by molar-refractivity contribution is -0.144. The van der Waals surface area contributed by atoms with E-state index in [1.54, 1.807) is 27.7 Å². The fraction of sp³-hybridized carbons (Fsp3) is 0.714. The largest absolute Gasteiger partial charge is 0.480 e. The van der Waals surface area contributed by atoms with Crippen LogP contribution in [0.4, 0.5) is 0 Å². The number of carbonyl (C=O) groups is 5. The minimum atomic E-state index is -1.39. The molecule has 0 aromatic heterocycles. The third kappa shape index (κ3) is 12.0. The topological polar surface area (TPSA) is 258 Å². The van der Waals surface area contributed by atoms with Gasteiger partial charge in [0.05, 0.1) is 12.5 Å². The summed E-state index contributed by atoms with van der Waals surface area (Å²) in [7, 11) is 0. The summed E-state index contributed by atoms with van der Waals surface area (Å²) in [5, 5.41) is 16.7. The van der Waals surface area contributed by atoms with E-state index in [4.69, 9.17) is 22.9 Å². The lowest BCUT2D eigenvalue weighted by atomic mass is 9.96. The van der Waals surface area contributed by atoms with Crippen molar-refractivity contribution in [3.05, 3.63) is 0 Å². The number of aliphatic carboxylic acids is 1. The average Bonchev–Trinajstić information content (AvgIpc) is 2.76. The van der Waals surface area contributed by atoms with Gasteiger partial charge in [0.1, 0.15) is 18.1 Å². The zero-order valence-electron chi connectivity index (χ0n) is 20.7. The van der Waals surface area contributed by atoms with Crippen LogP contribution in [0.1, 0.15) is 53.4 Å². The zero-order chi connectivity index (χ0) is 27.3. The van der Waals surface area contributed by atoms with Crippen LogP contribution in [-0.4, -0.2) is 71.4 Å². The second-order valence-corrected chi connectivity index (χ2v) is 8.73. The first-order chi connectivity index (χ1) is 16.2. The summed E-state index contributed by atoms with van der Waals surface area (Å²) < 4.78 is 0. The molecule has 0 aromatic rings. The van der Waals surface area contributed by atoms with E-state index in [2.05, 4.69) is 20.9 Å². The molecule has 0 aliphatic heterocycles. The number of carbonyl (C=O) groups excluding carboxylic acids is 4. The molecule has 0 saturated heterocycles. The number of nitrogens with one attached hydrogen (secondary N) is 3. The summed E-state index contributed by atoms with van der Waals surface area (Å²) in [6, 6.07) is -4.68. The van der Waals surface area contributed by atoms with Crippen molar-refractivity contribution in [3.8, 4) is 0 Å². The number of hydrogen-bond donors (Lipinski definition) is 8. The number of carboxylic acid groups (broad SMARTS) is 1. The Hall–Kier alpha value is -3.42. The van der Waals surface area contributed by atoms with Crippen molar-refractivity contribution in [1.29, 1.82) is 0 Å². The van der Waals surface area contributed by atoms with E-state index < -0.39 is 66.1 Å². The zero-order valence-corrected chi connectivity index (χ0v) is 20.7. The summed E-state index contributed by atoms with van der Waals surface area (Å²) in [6.45, 7) is 7.01. The minimum Gasteiger partial charge on any atom is -0.480 e. The first-order valence-corrected chi connectivity index (χ1v) is 11.4. The normalized spacial score (nSPS) is 15.1. The molecule has 0 fully saturated rings. The fourth-order valence-corrected chi connectivity index (χ4v) is 3.05. The molecule has 0 aliphatic rings. The molecule has 5 unspecified atom stereocenters. The number of nitrogens with zero attached hydrogens (tertiary/aromatic N) is 1. The van der Waals surface area contributed by atoms with Gasteiger partial charge in [-0.15, -0.1) is 0 Å². The van der Waals surface area contributed by atoms with Crippen molar-refractivity contribution in [2.75, 3.05) is 6.54 Å². The highest BCUT2D eigenvalue weighted by atomic mass is 16.4. The first kappa shape index (κ1) is 31.6. The van der Waals surface area contributed by atoms with Crippen LogP contribution in [-0.2, 0) is 24.0 Å². The number of aliphatic imine (C=N–C) groups is 1. The summed E-state index contributed by atoms with van der Waals surface area (Å²) in [5.41, 5.74) is 21.6. The van der Waals surface area contributed by atoms with Gasteiger partial charge in [0, 0.05) is 6.54 Å². The van der Waals surface area contributed by atoms with Gasteiger partial charge in [-0.3, -0.25) is 24.2 Å². The molecule has 4 amide bonds. The molecular weight excluding hydrogens is 460 g/mol. The van der Waals surface area contributed by atoms with Gasteiger partial charge in [-0.05, 0) is 24.7 Å². The van der Waals surface area contributed by atoms with E-state index in [0.29, 0.717) is 12.8 Å². The van der Waals surface area contributed by atoms with Gasteiger partial charge in [0.25, 0.3) is 0 Å². The Morgan fingerprint density at radius 2 is 1.46 bits per heavy atom. The minimum absolute atomic E-state index is 0.0933. The van der Waals surface area contributed by atoms with E-state index in [9.17, 15) is 29.1 Å². The smallest absolute Gasteiger partial charge is 0.326 e. The Morgan fingerprint density at radius 3 is 1.91 bits per heavy atom. The van der Waals surface area contributed by atoms with Crippen LogP contribution in [0.3, 0.4) is 0 Å². The van der Waals surface area contributed by atoms with Gasteiger partial charge in [-0.25, -0.2) is 4.79 Å². The third-order valence-electron chi connectivity index (χ3n) is 5.37. The first-order valence-electron chi connectivity index (χ1n) is 11.4. The molecule has 0 rings (SSSR count). The van der Waals surface area contributed by atoms with Gasteiger partial charge < -0.3 is 44.0 Å². The summed E-state index contributed by atoms with van der Waals surface area (Å²) in [5.74, 6) is -5.19. The van der Waals surface area contributed by atoms with Crippen molar-refractivity contribution in [1.82, 2.24) is 16.0 Å². The molecule has 14 heteroatoms. The van der Waals surface area contributed by atoms with Crippen LogP contribution >= 0.6 is 0 Å². The molecule has 200 valence electrons. The predicted molar refractivity (Wildman–Crippen MR) is 129 cm³/mol. The summed E-state index contributed by atoms with van der Waals surface area (Å²) in [4.78, 5) is 65.0. The monoisotopic (exact) mass is 500 g/mol. The molecule has 0 aromatic carbocycles. The van der Waals surface area contributed by atoms with Crippen LogP contribution in [0.2, 0.25) is 0 Å². The Balaban J connectivity index is 5.45. The number of nitrogens with two attached hydrogens (primary N) is 4. The third-order valence-corrected chi connectivity index (χ3v) is 5.37. The molecule has 0 saturated carbocycles. The average molecular weight is 501 g/mol. The predicted octanol–water partition coefficient (Wildman–Crippen LogP) is -2.52. The van der Waals surface area contributed by atoms with Crippen LogP contribution in [0.25, 0.3) is 0 Å². The Bertz CT molecular complexity index is 784. The lowest BCUT2D eigenvalue weighted by Crippen LogP contribution is -2.59. The molecule has 35 heavy (non-hydrogen) atoms. The molecule has 5 atom stereocenters. The van der Waals surface area contributed by atoms with Gasteiger partial charge >= 0.3 is 5.97 Å². The number of hydrogen-bond acceptors (Lipinski definition) is 7. The van der Waals surface area contributed by atoms with Crippen LogP contribution in [0.15, 0.2) is 4.99 Å². The van der Waals surface area contributed by atoms with Crippen molar-refractivity contribution in [2.45, 2.75) is 77.5 Å². The van der Waals surface area contributed by atoms with E-state index in [-0.39, 0.29) is 24.8 Å². The maximum Gasteiger partial charge on any atom is 0.326 e. The number of carboxylic acids is 1. The molecule has 0 aliphatic carbocycles. The number of primary amides is 1. The van der Waals surface area contributed by atoms with Crippen molar-refractivity contribution in [3.63, 3.8) is 0 Å². The van der Waals surface area contributed by atoms with Crippen molar-refractivity contribution in [2.24, 2.45) is 39.8 Å². The lowest BCUT2D eigenvalue weighted by Gasteiger charge is -2.28. The van der Waals surface area contributed by atoms with Crippen LogP contribution < -0.4 is 38.9 Å². The van der Waals surface area contributed by atoms with Gasteiger partial charge in [0.2, 0.25) is 23.6 Å². The van der Waals surface area contributed by atoms with E-state index in [0.717, 1.165) is 0 Å². The maximum atomic E-state index is 12.9. The molecule has 0 radical (unpaired) electrons. The fourth-order valence-electron chi connectivity index (χ4n) is 3.05. The standard InChI is InChI=1S/C21H40N8O6/c1-5-11(4)16(19(33)28-15(10(2)3)20(34)35)29-18(32)13(9-14(23)30)27-17(31)12(22)7-6-8-26-21(24)25/h10-13,15-16H,5-9,22H2,1-4H3,(H2,23,30)(H,27,31)(H,28,33)(H,29,32)(H,34,35)(H4,24,25,26). The summed E-state index contributed by atoms with van der Waals surface area (Å²) >= 11 is 0. The van der Waals surface area contributed by atoms with Gasteiger partial charge in [0.15, 0.2) is 5.96 Å². The molecule has 14 nitrogen and oxygen atoms in total. The number of amides is 4. The van der Waals surface area contributed by atoms with E-state index >= 15 is 0 Å². The Labute approximate surface area is 205 Å². The van der Waals surface area contributed by atoms with Gasteiger partial charge in [-0.2, -0.15) is 0 Å². The molecule has 0 bridgehead atoms. The Kier molecular flexibility index (Phi) is 14.0. The number of rotatable bonds is 16. The maximum absolute atomic E-state index is 12.9. The van der Waals surface area contributed by atoms with Gasteiger partial charge in [-0.1, -0.05) is 34.1 Å². The second-order valence-electron chi connectivity index (χ2n) is 8.73. The quantitative estimate of drug-likeness (QED) is 0.0631.